The van der Waals surface area contributed by atoms with Crippen molar-refractivity contribution in [1.29, 1.82) is 0 Å². The first kappa shape index (κ1) is 11.2. The standard InChI is InChI=1S/C12H19N3O2/c1-2-4-9(5-3-1)11-14-12(17-15-11)10-8-13-6-7-16-10/h9-10,13H,1-8H2/t10-/m0/s1. The van der Waals surface area contributed by atoms with Crippen LogP contribution in [-0.2, 0) is 4.74 Å². The smallest absolute Gasteiger partial charge is 0.257 e. The van der Waals surface area contributed by atoms with Gasteiger partial charge in [-0.25, -0.2) is 0 Å². The van der Waals surface area contributed by atoms with E-state index >= 15 is 0 Å². The molecule has 0 radical (unpaired) electrons. The van der Waals surface area contributed by atoms with E-state index in [1.54, 1.807) is 0 Å². The summed E-state index contributed by atoms with van der Waals surface area (Å²) in [7, 11) is 0. The van der Waals surface area contributed by atoms with Crippen molar-refractivity contribution in [2.24, 2.45) is 0 Å². The quantitative estimate of drug-likeness (QED) is 0.849. The lowest BCUT2D eigenvalue weighted by Crippen LogP contribution is -2.33. The Hall–Kier alpha value is -0.940. The average Bonchev–Trinajstić information content (AvgIpc) is 2.90. The number of nitrogens with zero attached hydrogens (tertiary/aromatic N) is 2. The second-order valence-corrected chi connectivity index (χ2v) is 4.89. The molecule has 1 saturated heterocycles. The molecule has 5 nitrogen and oxygen atoms in total. The normalized spacial score (nSPS) is 27.2. The van der Waals surface area contributed by atoms with Gasteiger partial charge in [-0.15, -0.1) is 0 Å². The van der Waals surface area contributed by atoms with Crippen molar-refractivity contribution < 1.29 is 9.26 Å². The molecule has 1 aliphatic heterocycles. The number of hydrogen-bond acceptors (Lipinski definition) is 5. The summed E-state index contributed by atoms with van der Waals surface area (Å²) in [5.41, 5.74) is 0. The molecule has 2 aliphatic rings. The predicted octanol–water partition coefficient (Wildman–Crippen LogP) is 1.78. The molecule has 1 atom stereocenters. The molecule has 3 rings (SSSR count). The molecule has 0 spiro atoms. The highest BCUT2D eigenvalue weighted by Gasteiger charge is 2.25. The summed E-state index contributed by atoms with van der Waals surface area (Å²) in [5, 5.41) is 7.39. The largest absolute Gasteiger partial charge is 0.366 e. The van der Waals surface area contributed by atoms with Crippen LogP contribution in [0.15, 0.2) is 4.52 Å². The molecule has 0 aromatic carbocycles. The highest BCUT2D eigenvalue weighted by Crippen LogP contribution is 2.31. The summed E-state index contributed by atoms with van der Waals surface area (Å²) in [4.78, 5) is 4.51. The van der Waals surface area contributed by atoms with Gasteiger partial charge in [0.1, 0.15) is 6.10 Å². The van der Waals surface area contributed by atoms with Crippen molar-refractivity contribution in [3.05, 3.63) is 11.7 Å². The molecule has 1 N–H and O–H groups in total. The number of nitrogens with one attached hydrogen (secondary N) is 1. The topological polar surface area (TPSA) is 60.2 Å². The number of ether oxygens (including phenoxy) is 1. The molecular formula is C12H19N3O2. The highest BCUT2D eigenvalue weighted by molar-refractivity contribution is 4.99. The zero-order chi connectivity index (χ0) is 11.5. The molecule has 0 amide bonds. The van der Waals surface area contributed by atoms with E-state index in [-0.39, 0.29) is 6.10 Å². The first-order chi connectivity index (χ1) is 8.43. The molecule has 17 heavy (non-hydrogen) atoms. The van der Waals surface area contributed by atoms with Crippen molar-refractivity contribution in [2.45, 2.75) is 44.1 Å². The third-order valence-corrected chi connectivity index (χ3v) is 3.63. The van der Waals surface area contributed by atoms with Crippen LogP contribution in [0.25, 0.3) is 0 Å². The van der Waals surface area contributed by atoms with Gasteiger partial charge in [0.05, 0.1) is 6.61 Å². The number of hydrogen-bond donors (Lipinski definition) is 1. The van der Waals surface area contributed by atoms with E-state index in [1.165, 1.54) is 32.1 Å². The zero-order valence-electron chi connectivity index (χ0n) is 10.0. The Kier molecular flexibility index (Phi) is 3.38. The van der Waals surface area contributed by atoms with E-state index in [1.807, 2.05) is 0 Å². The fourth-order valence-corrected chi connectivity index (χ4v) is 2.63. The summed E-state index contributed by atoms with van der Waals surface area (Å²) in [6, 6.07) is 0. The molecule has 94 valence electrons. The molecular weight excluding hydrogens is 218 g/mol. The Morgan fingerprint density at radius 3 is 2.82 bits per heavy atom. The van der Waals surface area contributed by atoms with Crippen molar-refractivity contribution in [3.8, 4) is 0 Å². The van der Waals surface area contributed by atoms with E-state index in [4.69, 9.17) is 9.26 Å². The molecule has 1 aliphatic carbocycles. The third kappa shape index (κ3) is 2.50. The monoisotopic (exact) mass is 237 g/mol. The Morgan fingerprint density at radius 1 is 1.18 bits per heavy atom. The Balaban J connectivity index is 1.68. The van der Waals surface area contributed by atoms with Crippen LogP contribution in [0.3, 0.4) is 0 Å². The van der Waals surface area contributed by atoms with Gasteiger partial charge in [0, 0.05) is 19.0 Å². The lowest BCUT2D eigenvalue weighted by atomic mass is 9.89. The lowest BCUT2D eigenvalue weighted by molar-refractivity contribution is 0.00755. The lowest BCUT2D eigenvalue weighted by Gasteiger charge is -2.20. The number of aromatic nitrogens is 2. The van der Waals surface area contributed by atoms with Gasteiger partial charge in [0.15, 0.2) is 5.82 Å². The summed E-state index contributed by atoms with van der Waals surface area (Å²) >= 11 is 0. The minimum atomic E-state index is -0.0615. The summed E-state index contributed by atoms with van der Waals surface area (Å²) < 4.78 is 10.9. The SMILES string of the molecule is C1CCC(c2noc([C@@H]3CNCCO3)n2)CC1. The highest BCUT2D eigenvalue weighted by atomic mass is 16.5. The maximum absolute atomic E-state index is 5.61. The molecule has 0 unspecified atom stereocenters. The Bertz CT molecular complexity index is 322. The number of rotatable bonds is 2. The Labute approximate surface area is 101 Å². The van der Waals surface area contributed by atoms with E-state index in [0.29, 0.717) is 18.4 Å². The summed E-state index contributed by atoms with van der Waals surface area (Å²) in [5.74, 6) is 2.02. The minimum Gasteiger partial charge on any atom is -0.366 e. The minimum absolute atomic E-state index is 0.0615. The van der Waals surface area contributed by atoms with Gasteiger partial charge in [0.25, 0.3) is 5.89 Å². The van der Waals surface area contributed by atoms with E-state index in [2.05, 4.69) is 15.5 Å². The fourth-order valence-electron chi connectivity index (χ4n) is 2.63. The molecule has 5 heteroatoms. The van der Waals surface area contributed by atoms with Crippen LogP contribution >= 0.6 is 0 Å². The Morgan fingerprint density at radius 2 is 2.06 bits per heavy atom. The summed E-state index contributed by atoms with van der Waals surface area (Å²) in [6.45, 7) is 2.39. The van der Waals surface area contributed by atoms with Crippen LogP contribution in [0, 0.1) is 0 Å². The van der Waals surface area contributed by atoms with Crippen LogP contribution in [-0.4, -0.2) is 29.8 Å². The van der Waals surface area contributed by atoms with Gasteiger partial charge in [-0.1, -0.05) is 24.4 Å². The summed E-state index contributed by atoms with van der Waals surface area (Å²) in [6.07, 6.45) is 6.25. The second-order valence-electron chi connectivity index (χ2n) is 4.89. The van der Waals surface area contributed by atoms with Gasteiger partial charge in [-0.2, -0.15) is 4.98 Å². The number of morpholine rings is 1. The van der Waals surface area contributed by atoms with Gasteiger partial charge >= 0.3 is 0 Å². The second kappa shape index (κ2) is 5.14. The van der Waals surface area contributed by atoms with Gasteiger partial charge in [-0.3, -0.25) is 0 Å². The van der Waals surface area contributed by atoms with Crippen LogP contribution in [0.4, 0.5) is 0 Å². The van der Waals surface area contributed by atoms with E-state index < -0.39 is 0 Å². The van der Waals surface area contributed by atoms with Crippen molar-refractivity contribution in [2.75, 3.05) is 19.7 Å². The molecule has 1 aromatic rings. The maximum Gasteiger partial charge on any atom is 0.257 e. The fraction of sp³-hybridized carbons (Fsp3) is 0.833. The molecule has 2 fully saturated rings. The van der Waals surface area contributed by atoms with Crippen molar-refractivity contribution in [3.63, 3.8) is 0 Å². The van der Waals surface area contributed by atoms with Crippen LogP contribution < -0.4 is 5.32 Å². The third-order valence-electron chi connectivity index (χ3n) is 3.63. The van der Waals surface area contributed by atoms with Gasteiger partial charge < -0.3 is 14.6 Å². The van der Waals surface area contributed by atoms with Gasteiger partial charge in [0.2, 0.25) is 0 Å². The van der Waals surface area contributed by atoms with Crippen LogP contribution in [0.1, 0.15) is 55.8 Å². The molecule has 2 heterocycles. The zero-order valence-corrected chi connectivity index (χ0v) is 10.0. The van der Waals surface area contributed by atoms with Crippen LogP contribution in [0.5, 0.6) is 0 Å². The van der Waals surface area contributed by atoms with Crippen molar-refractivity contribution in [1.82, 2.24) is 15.5 Å². The first-order valence-electron chi connectivity index (χ1n) is 6.59. The molecule has 1 saturated carbocycles. The predicted molar refractivity (Wildman–Crippen MR) is 61.7 cm³/mol. The van der Waals surface area contributed by atoms with E-state index in [9.17, 15) is 0 Å². The molecule has 0 bridgehead atoms. The van der Waals surface area contributed by atoms with Crippen molar-refractivity contribution >= 4 is 0 Å². The average molecular weight is 237 g/mol. The maximum atomic E-state index is 5.61. The van der Waals surface area contributed by atoms with Gasteiger partial charge in [-0.05, 0) is 12.8 Å². The first-order valence-corrected chi connectivity index (χ1v) is 6.59. The van der Waals surface area contributed by atoms with Crippen LogP contribution in [0.2, 0.25) is 0 Å². The van der Waals surface area contributed by atoms with E-state index in [0.717, 1.165) is 18.9 Å². The molecule has 1 aromatic heterocycles.